The van der Waals surface area contributed by atoms with E-state index in [0.717, 1.165) is 39.8 Å². The maximum atomic E-state index is 12.5. The van der Waals surface area contributed by atoms with Crippen LogP contribution < -0.4 is 10.1 Å². The number of carbonyl (C=O) groups is 1. The average Bonchev–Trinajstić information content (AvgIpc) is 3.22. The zero-order valence-corrected chi connectivity index (χ0v) is 18.8. The highest BCUT2D eigenvalue weighted by Gasteiger charge is 2.24. The summed E-state index contributed by atoms with van der Waals surface area (Å²) >= 11 is 1.34. The number of amidine groups is 1. The molecule has 1 N–H and O–H groups in total. The fourth-order valence-corrected chi connectivity index (χ4v) is 4.28. The van der Waals surface area contributed by atoms with Gasteiger partial charge in [-0.3, -0.25) is 4.79 Å². The Labute approximate surface area is 186 Å². The molecule has 1 aromatic carbocycles. The monoisotopic (exact) mass is 432 g/mol. The molecule has 1 saturated heterocycles. The number of pyridine rings is 1. The highest BCUT2D eigenvalue weighted by Crippen LogP contribution is 2.30. The predicted octanol–water partition coefficient (Wildman–Crippen LogP) is 5.09. The number of nitrogens with one attached hydrogen (secondary N) is 1. The van der Waals surface area contributed by atoms with Gasteiger partial charge in [0.2, 0.25) is 0 Å². The Morgan fingerprint density at radius 2 is 1.94 bits per heavy atom. The molecule has 0 spiro atoms. The van der Waals surface area contributed by atoms with Crippen LogP contribution in [0, 0.1) is 20.8 Å². The zero-order chi connectivity index (χ0) is 22.0. The topological polar surface area (TPSA) is 68.5 Å². The second-order valence-electron chi connectivity index (χ2n) is 7.26. The highest BCUT2D eigenvalue weighted by molar-refractivity contribution is 8.18. The van der Waals surface area contributed by atoms with Crippen LogP contribution in [0.5, 0.6) is 5.75 Å². The Hall–Kier alpha value is -3.32. The molecule has 1 aliphatic heterocycles. The number of ether oxygens (including phenoxy) is 1. The van der Waals surface area contributed by atoms with E-state index in [-0.39, 0.29) is 5.91 Å². The van der Waals surface area contributed by atoms with Crippen molar-refractivity contribution >= 4 is 34.6 Å². The molecular weight excluding hydrogens is 408 g/mol. The lowest BCUT2D eigenvalue weighted by Crippen LogP contribution is -2.19. The van der Waals surface area contributed by atoms with Gasteiger partial charge in [-0.25, -0.2) is 9.98 Å². The summed E-state index contributed by atoms with van der Waals surface area (Å²) < 4.78 is 7.56. The van der Waals surface area contributed by atoms with Gasteiger partial charge in [-0.2, -0.15) is 0 Å². The van der Waals surface area contributed by atoms with Gasteiger partial charge >= 0.3 is 0 Å². The molecule has 1 fully saturated rings. The first-order chi connectivity index (χ1) is 14.9. The molecule has 0 atom stereocenters. The number of benzene rings is 1. The molecular formula is C24H24N4O2S. The Kier molecular flexibility index (Phi) is 5.95. The van der Waals surface area contributed by atoms with Gasteiger partial charge < -0.3 is 14.6 Å². The van der Waals surface area contributed by atoms with Gasteiger partial charge in [-0.15, -0.1) is 0 Å². The van der Waals surface area contributed by atoms with Crippen molar-refractivity contribution in [3.05, 3.63) is 76.1 Å². The average molecular weight is 433 g/mol. The highest BCUT2D eigenvalue weighted by atomic mass is 32.2. The molecule has 0 bridgehead atoms. The summed E-state index contributed by atoms with van der Waals surface area (Å²) in [7, 11) is 0. The first kappa shape index (κ1) is 20.9. The van der Waals surface area contributed by atoms with Crippen molar-refractivity contribution in [3.8, 4) is 11.6 Å². The first-order valence-electron chi connectivity index (χ1n) is 10.1. The number of nitrogens with zero attached hydrogens (tertiary/aromatic N) is 3. The van der Waals surface area contributed by atoms with E-state index in [1.165, 1.54) is 11.8 Å². The van der Waals surface area contributed by atoms with Crippen LogP contribution in [-0.2, 0) is 4.79 Å². The van der Waals surface area contributed by atoms with Crippen molar-refractivity contribution in [2.75, 3.05) is 6.61 Å². The second-order valence-corrected chi connectivity index (χ2v) is 8.29. The number of amides is 1. The van der Waals surface area contributed by atoms with E-state index in [4.69, 9.17) is 4.74 Å². The molecule has 6 nitrogen and oxygen atoms in total. The summed E-state index contributed by atoms with van der Waals surface area (Å²) in [6.45, 7) is 8.69. The van der Waals surface area contributed by atoms with Gasteiger partial charge in [0.1, 0.15) is 11.6 Å². The smallest absolute Gasteiger partial charge is 0.264 e. The molecule has 0 saturated carbocycles. The first-order valence-corrected chi connectivity index (χ1v) is 10.9. The maximum absolute atomic E-state index is 12.5. The minimum absolute atomic E-state index is 0.145. The van der Waals surface area contributed by atoms with E-state index < -0.39 is 0 Å². The Morgan fingerprint density at radius 1 is 1.16 bits per heavy atom. The minimum atomic E-state index is -0.145. The lowest BCUT2D eigenvalue weighted by molar-refractivity contribution is -0.115. The SMILES string of the molecule is CCOc1ccc(N=C2NC(=O)/C(=C/c3cc(C)n(-c4cc(C)ccn4)c3C)S2)cc1. The third-order valence-electron chi connectivity index (χ3n) is 4.92. The van der Waals surface area contributed by atoms with Crippen LogP contribution in [0.1, 0.15) is 29.4 Å². The largest absolute Gasteiger partial charge is 0.494 e. The molecule has 7 heteroatoms. The van der Waals surface area contributed by atoms with Crippen LogP contribution in [-0.4, -0.2) is 27.2 Å². The van der Waals surface area contributed by atoms with Crippen molar-refractivity contribution in [1.29, 1.82) is 0 Å². The zero-order valence-electron chi connectivity index (χ0n) is 18.0. The van der Waals surface area contributed by atoms with Crippen LogP contribution in [0.2, 0.25) is 0 Å². The maximum Gasteiger partial charge on any atom is 0.264 e. The van der Waals surface area contributed by atoms with Gasteiger partial charge in [0.05, 0.1) is 17.2 Å². The summed E-state index contributed by atoms with van der Waals surface area (Å²) in [6.07, 6.45) is 3.72. The lowest BCUT2D eigenvalue weighted by Gasteiger charge is -2.09. The number of thioether (sulfide) groups is 1. The summed E-state index contributed by atoms with van der Waals surface area (Å²) in [5.74, 6) is 1.53. The number of hydrogen-bond donors (Lipinski definition) is 1. The number of rotatable bonds is 5. The molecule has 1 amide bonds. The van der Waals surface area contributed by atoms with Gasteiger partial charge in [-0.1, -0.05) is 0 Å². The van der Waals surface area contributed by atoms with Crippen LogP contribution in [0.4, 0.5) is 5.69 Å². The fraction of sp³-hybridized carbons (Fsp3) is 0.208. The quantitative estimate of drug-likeness (QED) is 0.571. The summed E-state index contributed by atoms with van der Waals surface area (Å²) in [5.41, 5.74) is 5.00. The number of aryl methyl sites for hydroxylation is 2. The number of hydrogen-bond acceptors (Lipinski definition) is 5. The van der Waals surface area contributed by atoms with Gasteiger partial charge in [0.15, 0.2) is 5.17 Å². The van der Waals surface area contributed by atoms with Gasteiger partial charge in [-0.05, 0) is 99.1 Å². The van der Waals surface area contributed by atoms with E-state index in [1.54, 1.807) is 0 Å². The van der Waals surface area contributed by atoms with Gasteiger partial charge in [0, 0.05) is 17.6 Å². The second kappa shape index (κ2) is 8.81. The van der Waals surface area contributed by atoms with E-state index in [9.17, 15) is 4.79 Å². The van der Waals surface area contributed by atoms with E-state index in [2.05, 4.69) is 32.0 Å². The molecule has 158 valence electrons. The molecule has 3 heterocycles. The molecule has 31 heavy (non-hydrogen) atoms. The molecule has 0 unspecified atom stereocenters. The normalized spacial score (nSPS) is 16.2. The number of carbonyl (C=O) groups excluding carboxylic acids is 1. The molecule has 2 aromatic heterocycles. The predicted molar refractivity (Wildman–Crippen MR) is 126 cm³/mol. The van der Waals surface area contributed by atoms with Crippen LogP contribution in [0.3, 0.4) is 0 Å². The fourth-order valence-electron chi connectivity index (χ4n) is 3.45. The minimum Gasteiger partial charge on any atom is -0.494 e. The number of aromatic nitrogens is 2. The Bertz CT molecular complexity index is 1190. The van der Waals surface area contributed by atoms with E-state index in [1.807, 2.05) is 70.3 Å². The third kappa shape index (κ3) is 4.56. The summed E-state index contributed by atoms with van der Waals surface area (Å²) in [6, 6.07) is 13.6. The molecule has 4 rings (SSSR count). The Morgan fingerprint density at radius 3 is 2.65 bits per heavy atom. The molecule has 0 aliphatic carbocycles. The van der Waals surface area contributed by atoms with Crippen molar-refractivity contribution in [2.45, 2.75) is 27.7 Å². The van der Waals surface area contributed by atoms with Crippen molar-refractivity contribution in [2.24, 2.45) is 4.99 Å². The van der Waals surface area contributed by atoms with E-state index in [0.29, 0.717) is 16.7 Å². The summed E-state index contributed by atoms with van der Waals surface area (Å²) in [5, 5.41) is 3.41. The van der Waals surface area contributed by atoms with E-state index >= 15 is 0 Å². The lowest BCUT2D eigenvalue weighted by atomic mass is 10.2. The van der Waals surface area contributed by atoms with Crippen molar-refractivity contribution in [3.63, 3.8) is 0 Å². The van der Waals surface area contributed by atoms with Crippen molar-refractivity contribution in [1.82, 2.24) is 14.9 Å². The standard InChI is InChI=1S/C24H24N4O2S/c1-5-30-20-8-6-19(7-9-20)26-24-27-23(29)21(31-24)14-18-13-16(3)28(17(18)4)22-12-15(2)10-11-25-22/h6-14H,5H2,1-4H3,(H,26,27,29)/b21-14-. The van der Waals surface area contributed by atoms with Crippen LogP contribution in [0.25, 0.3) is 11.9 Å². The number of aliphatic imine (C=N–C) groups is 1. The third-order valence-corrected chi connectivity index (χ3v) is 5.83. The van der Waals surface area contributed by atoms with Gasteiger partial charge in [0.25, 0.3) is 5.91 Å². The van der Waals surface area contributed by atoms with Crippen LogP contribution >= 0.6 is 11.8 Å². The molecule has 3 aromatic rings. The van der Waals surface area contributed by atoms with Crippen LogP contribution in [0.15, 0.2) is 58.6 Å². The Balaban J connectivity index is 1.58. The summed E-state index contributed by atoms with van der Waals surface area (Å²) in [4.78, 5) is 22.2. The molecule has 0 radical (unpaired) electrons. The molecule has 1 aliphatic rings. The van der Waals surface area contributed by atoms with Crippen molar-refractivity contribution < 1.29 is 9.53 Å².